The second kappa shape index (κ2) is 7.77. The Balaban J connectivity index is 2.31. The van der Waals surface area contributed by atoms with Crippen molar-refractivity contribution in [2.75, 3.05) is 12.4 Å². The lowest BCUT2D eigenvalue weighted by Crippen LogP contribution is -2.14. The Hall–Kier alpha value is -3.22. The summed E-state index contributed by atoms with van der Waals surface area (Å²) in [6.07, 6.45) is -0.893. The van der Waals surface area contributed by atoms with E-state index in [2.05, 4.69) is 10.1 Å². The Labute approximate surface area is 149 Å². The van der Waals surface area contributed by atoms with Gasteiger partial charge in [-0.15, -0.1) is 0 Å². The van der Waals surface area contributed by atoms with Crippen LogP contribution in [0.25, 0.3) is 0 Å². The molecule has 0 aliphatic carbocycles. The number of carboxylic acid groups (broad SMARTS) is 1. The molecule has 6 nitrogen and oxygen atoms in total. The van der Waals surface area contributed by atoms with E-state index in [9.17, 15) is 18.8 Å². The number of Topliss-reactive ketones (excluding diaryl/α,β-unsaturated/α-hetero) is 1. The molecule has 0 aliphatic rings. The van der Waals surface area contributed by atoms with Crippen molar-refractivity contribution < 1.29 is 28.6 Å². The van der Waals surface area contributed by atoms with Crippen molar-refractivity contribution in [2.24, 2.45) is 0 Å². The van der Waals surface area contributed by atoms with Crippen LogP contribution in [0.5, 0.6) is 0 Å². The van der Waals surface area contributed by atoms with E-state index in [4.69, 9.17) is 5.11 Å². The Kier molecular flexibility index (Phi) is 5.71. The van der Waals surface area contributed by atoms with Crippen LogP contribution in [0.4, 0.5) is 14.9 Å². The van der Waals surface area contributed by atoms with Crippen LogP contribution in [0.15, 0.2) is 30.3 Å². The molecule has 0 aromatic heterocycles. The van der Waals surface area contributed by atoms with E-state index in [1.54, 1.807) is 26.0 Å². The molecule has 0 heterocycles. The zero-order chi connectivity index (χ0) is 19.4. The summed E-state index contributed by atoms with van der Waals surface area (Å²) in [5, 5.41) is 11.5. The fourth-order valence-corrected chi connectivity index (χ4v) is 2.56. The molecule has 2 aromatic rings. The topological polar surface area (TPSA) is 92.7 Å². The summed E-state index contributed by atoms with van der Waals surface area (Å²) in [5.74, 6) is -2.65. The number of methoxy groups -OCH3 is 1. The SMILES string of the molecule is COC(=O)Nc1cc(C)c(C(=O)Cc2cccc(C(=O)O)c2F)cc1C. The number of benzene rings is 2. The van der Waals surface area contributed by atoms with Gasteiger partial charge in [-0.05, 0) is 48.7 Å². The van der Waals surface area contributed by atoms with Gasteiger partial charge in [0.2, 0.25) is 0 Å². The molecular weight excluding hydrogens is 341 g/mol. The lowest BCUT2D eigenvalue weighted by atomic mass is 9.95. The van der Waals surface area contributed by atoms with Crippen LogP contribution in [0.3, 0.4) is 0 Å². The van der Waals surface area contributed by atoms with Crippen molar-refractivity contribution in [2.45, 2.75) is 20.3 Å². The number of carbonyl (C=O) groups excluding carboxylic acids is 2. The summed E-state index contributed by atoms with van der Waals surface area (Å²) in [6.45, 7) is 3.41. The van der Waals surface area contributed by atoms with Gasteiger partial charge >= 0.3 is 12.1 Å². The van der Waals surface area contributed by atoms with E-state index in [1.807, 2.05) is 0 Å². The first-order valence-corrected chi connectivity index (χ1v) is 7.74. The molecule has 0 aliphatic heterocycles. The van der Waals surface area contributed by atoms with E-state index >= 15 is 0 Å². The molecule has 2 rings (SSSR count). The summed E-state index contributed by atoms with van der Waals surface area (Å²) < 4.78 is 18.8. The molecule has 0 radical (unpaired) electrons. The third-order valence-electron chi connectivity index (χ3n) is 3.95. The third kappa shape index (κ3) is 4.05. The van der Waals surface area contributed by atoms with Gasteiger partial charge < -0.3 is 9.84 Å². The Morgan fingerprint density at radius 3 is 2.42 bits per heavy atom. The highest BCUT2D eigenvalue weighted by Gasteiger charge is 2.18. The molecule has 0 spiro atoms. The lowest BCUT2D eigenvalue weighted by Gasteiger charge is -2.13. The minimum atomic E-state index is -1.39. The van der Waals surface area contributed by atoms with E-state index in [1.165, 1.54) is 19.2 Å². The molecule has 1 amide bonds. The number of ether oxygens (including phenoxy) is 1. The van der Waals surface area contributed by atoms with Crippen LogP contribution in [0, 0.1) is 19.7 Å². The van der Waals surface area contributed by atoms with E-state index in [0.717, 1.165) is 6.07 Å². The van der Waals surface area contributed by atoms with Crippen LogP contribution in [-0.4, -0.2) is 30.1 Å². The summed E-state index contributed by atoms with van der Waals surface area (Å²) in [4.78, 5) is 34.9. The van der Waals surface area contributed by atoms with Crippen molar-refractivity contribution in [1.82, 2.24) is 0 Å². The number of aromatic carboxylic acids is 1. The summed E-state index contributed by atoms with van der Waals surface area (Å²) in [6, 6.07) is 7.16. The molecule has 0 atom stereocenters. The molecule has 0 bridgehead atoms. The zero-order valence-corrected chi connectivity index (χ0v) is 14.6. The number of amides is 1. The number of aryl methyl sites for hydroxylation is 2. The molecule has 0 saturated carbocycles. The zero-order valence-electron chi connectivity index (χ0n) is 14.6. The van der Waals surface area contributed by atoms with Gasteiger partial charge in [0, 0.05) is 17.7 Å². The lowest BCUT2D eigenvalue weighted by molar-refractivity contribution is 0.0690. The molecule has 0 saturated heterocycles. The number of hydrogen-bond acceptors (Lipinski definition) is 4. The number of carbonyl (C=O) groups is 3. The van der Waals surface area contributed by atoms with Gasteiger partial charge in [-0.2, -0.15) is 0 Å². The first kappa shape index (κ1) is 19.1. The molecule has 0 unspecified atom stereocenters. The molecule has 2 aromatic carbocycles. The summed E-state index contributed by atoms with van der Waals surface area (Å²) in [5.41, 5.74) is 1.67. The smallest absolute Gasteiger partial charge is 0.411 e. The number of ketones is 1. The van der Waals surface area contributed by atoms with Gasteiger partial charge in [-0.25, -0.2) is 14.0 Å². The van der Waals surface area contributed by atoms with Crippen LogP contribution in [0.1, 0.15) is 37.4 Å². The quantitative estimate of drug-likeness (QED) is 0.793. The third-order valence-corrected chi connectivity index (χ3v) is 3.95. The summed E-state index contributed by atoms with van der Waals surface area (Å²) >= 11 is 0. The van der Waals surface area contributed by atoms with Crippen molar-refractivity contribution in [3.05, 3.63) is 64.0 Å². The highest BCUT2D eigenvalue weighted by Crippen LogP contribution is 2.23. The Morgan fingerprint density at radius 2 is 1.81 bits per heavy atom. The van der Waals surface area contributed by atoms with E-state index < -0.39 is 23.4 Å². The predicted octanol–water partition coefficient (Wildman–Crippen LogP) is 3.74. The van der Waals surface area contributed by atoms with E-state index in [0.29, 0.717) is 22.4 Å². The van der Waals surface area contributed by atoms with Gasteiger partial charge in [-0.1, -0.05) is 12.1 Å². The highest BCUT2D eigenvalue weighted by atomic mass is 19.1. The minimum Gasteiger partial charge on any atom is -0.478 e. The number of halogens is 1. The second-order valence-electron chi connectivity index (χ2n) is 5.78. The number of hydrogen-bond donors (Lipinski definition) is 2. The van der Waals surface area contributed by atoms with Crippen LogP contribution >= 0.6 is 0 Å². The highest BCUT2D eigenvalue weighted by molar-refractivity contribution is 6.00. The van der Waals surface area contributed by atoms with Gasteiger partial charge in [0.05, 0.1) is 12.7 Å². The van der Waals surface area contributed by atoms with Crippen LogP contribution < -0.4 is 5.32 Å². The predicted molar refractivity (Wildman–Crippen MR) is 93.3 cm³/mol. The fraction of sp³-hybridized carbons (Fsp3) is 0.211. The average molecular weight is 359 g/mol. The molecule has 136 valence electrons. The molecule has 0 fully saturated rings. The minimum absolute atomic E-state index is 0.0173. The van der Waals surface area contributed by atoms with Crippen molar-refractivity contribution >= 4 is 23.5 Å². The normalized spacial score (nSPS) is 10.3. The number of rotatable bonds is 5. The molecule has 26 heavy (non-hydrogen) atoms. The summed E-state index contributed by atoms with van der Waals surface area (Å²) in [7, 11) is 1.25. The second-order valence-corrected chi connectivity index (χ2v) is 5.78. The van der Waals surface area contributed by atoms with Gasteiger partial charge in [0.25, 0.3) is 0 Å². The van der Waals surface area contributed by atoms with Gasteiger partial charge in [0.15, 0.2) is 5.78 Å². The van der Waals surface area contributed by atoms with Crippen molar-refractivity contribution in [1.29, 1.82) is 0 Å². The number of nitrogens with one attached hydrogen (secondary N) is 1. The van der Waals surface area contributed by atoms with Crippen LogP contribution in [0.2, 0.25) is 0 Å². The average Bonchev–Trinajstić information content (AvgIpc) is 2.59. The molecular formula is C19H18FNO5. The van der Waals surface area contributed by atoms with Crippen molar-refractivity contribution in [3.8, 4) is 0 Å². The van der Waals surface area contributed by atoms with Crippen molar-refractivity contribution in [3.63, 3.8) is 0 Å². The first-order valence-electron chi connectivity index (χ1n) is 7.74. The molecule has 7 heteroatoms. The monoisotopic (exact) mass is 359 g/mol. The van der Waals surface area contributed by atoms with Gasteiger partial charge in [0.1, 0.15) is 5.82 Å². The number of carboxylic acids is 1. The molecule has 2 N–H and O–H groups in total. The maximum atomic E-state index is 14.2. The Bertz CT molecular complexity index is 892. The fourth-order valence-electron chi connectivity index (χ4n) is 2.56. The van der Waals surface area contributed by atoms with E-state index in [-0.39, 0.29) is 17.8 Å². The standard InChI is InChI=1S/C19H18FNO5/c1-10-8-15(21-19(25)26-3)11(2)7-14(10)16(22)9-12-5-4-6-13(17(12)20)18(23)24/h4-8H,9H2,1-3H3,(H,21,25)(H,23,24). The first-order chi connectivity index (χ1) is 12.2. The maximum Gasteiger partial charge on any atom is 0.411 e. The number of anilines is 1. The maximum absolute atomic E-state index is 14.2. The Morgan fingerprint density at radius 1 is 1.12 bits per heavy atom. The largest absolute Gasteiger partial charge is 0.478 e. The van der Waals surface area contributed by atoms with Gasteiger partial charge in [-0.3, -0.25) is 10.1 Å². The van der Waals surface area contributed by atoms with Crippen LogP contribution in [-0.2, 0) is 11.2 Å².